The summed E-state index contributed by atoms with van der Waals surface area (Å²) in [6.45, 7) is 6.70. The summed E-state index contributed by atoms with van der Waals surface area (Å²) >= 11 is 0. The Labute approximate surface area is 122 Å². The van der Waals surface area contributed by atoms with Crippen LogP contribution in [0.2, 0.25) is 0 Å². The van der Waals surface area contributed by atoms with Crippen LogP contribution in [0.5, 0.6) is 0 Å². The average Bonchev–Trinajstić information content (AvgIpc) is 2.36. The largest absolute Gasteiger partial charge is 0.416 e. The molecule has 0 aliphatic heterocycles. The maximum atomic E-state index is 13.5. The van der Waals surface area contributed by atoms with Crippen LogP contribution in [0.1, 0.15) is 44.4 Å². The first-order valence-corrected chi connectivity index (χ1v) is 7.04. The predicted molar refractivity (Wildman–Crippen MR) is 75.3 cm³/mol. The van der Waals surface area contributed by atoms with Gasteiger partial charge < -0.3 is 5.73 Å². The normalized spacial score (nSPS) is 14.0. The molecule has 0 heterocycles. The highest BCUT2D eigenvalue weighted by Crippen LogP contribution is 2.33. The van der Waals surface area contributed by atoms with Crippen LogP contribution in [-0.2, 0) is 6.18 Å². The fourth-order valence-electron chi connectivity index (χ4n) is 2.46. The second-order valence-corrected chi connectivity index (χ2v) is 5.35. The van der Waals surface area contributed by atoms with Crippen molar-refractivity contribution >= 4 is 0 Å². The molecule has 0 aliphatic rings. The van der Waals surface area contributed by atoms with Gasteiger partial charge in [-0.2, -0.15) is 13.2 Å². The maximum absolute atomic E-state index is 13.5. The van der Waals surface area contributed by atoms with E-state index in [1.54, 1.807) is 0 Å². The first-order chi connectivity index (χ1) is 9.70. The summed E-state index contributed by atoms with van der Waals surface area (Å²) in [5.41, 5.74) is 5.03. The third-order valence-electron chi connectivity index (χ3n) is 3.40. The Morgan fingerprint density at radius 2 is 1.81 bits per heavy atom. The Morgan fingerprint density at radius 1 is 1.19 bits per heavy atom. The molecule has 2 N–H and O–H groups in total. The van der Waals surface area contributed by atoms with Gasteiger partial charge in [0.15, 0.2) is 0 Å². The van der Waals surface area contributed by atoms with Gasteiger partial charge >= 0.3 is 6.18 Å². The van der Waals surface area contributed by atoms with Crippen molar-refractivity contribution in [2.75, 3.05) is 13.1 Å². The second kappa shape index (κ2) is 7.22. The molecule has 6 heteroatoms. The molecular formula is C15H22F4N2. The van der Waals surface area contributed by atoms with Crippen molar-refractivity contribution in [2.24, 2.45) is 5.73 Å². The minimum atomic E-state index is -4.57. The molecule has 0 radical (unpaired) electrons. The summed E-state index contributed by atoms with van der Waals surface area (Å²) in [5.74, 6) is -0.890. The molecular weight excluding hydrogens is 284 g/mol. The van der Waals surface area contributed by atoms with Gasteiger partial charge in [-0.1, -0.05) is 6.92 Å². The summed E-state index contributed by atoms with van der Waals surface area (Å²) in [5, 5.41) is 0. The molecule has 21 heavy (non-hydrogen) atoms. The Morgan fingerprint density at radius 3 is 2.24 bits per heavy atom. The van der Waals surface area contributed by atoms with Crippen molar-refractivity contribution in [3.63, 3.8) is 0 Å². The van der Waals surface area contributed by atoms with Gasteiger partial charge in [0, 0.05) is 18.6 Å². The SMILES string of the molecule is CCCN(C(C)C)C(CN)c1cc(F)cc(C(F)(F)F)c1. The standard InChI is InChI=1S/C15H22F4N2/c1-4-5-21(10(2)3)14(9-20)11-6-12(15(17,18)19)8-13(16)7-11/h6-8,10,14H,4-5,9,20H2,1-3H3. The number of alkyl halides is 3. The minimum absolute atomic E-state index is 0.108. The zero-order valence-electron chi connectivity index (χ0n) is 12.5. The smallest absolute Gasteiger partial charge is 0.329 e. The van der Waals surface area contributed by atoms with Crippen molar-refractivity contribution in [3.05, 3.63) is 35.1 Å². The molecule has 0 saturated carbocycles. The lowest BCUT2D eigenvalue weighted by Crippen LogP contribution is -2.39. The van der Waals surface area contributed by atoms with E-state index in [1.165, 1.54) is 0 Å². The topological polar surface area (TPSA) is 29.3 Å². The zero-order chi connectivity index (χ0) is 16.2. The maximum Gasteiger partial charge on any atom is 0.416 e. The van der Waals surface area contributed by atoms with E-state index >= 15 is 0 Å². The van der Waals surface area contributed by atoms with Crippen LogP contribution in [0.3, 0.4) is 0 Å². The molecule has 0 aromatic heterocycles. The molecule has 0 bridgehead atoms. The van der Waals surface area contributed by atoms with Crippen molar-refractivity contribution in [1.82, 2.24) is 4.90 Å². The van der Waals surface area contributed by atoms with E-state index in [2.05, 4.69) is 0 Å². The van der Waals surface area contributed by atoms with Crippen LogP contribution in [0.4, 0.5) is 17.6 Å². The monoisotopic (exact) mass is 306 g/mol. The van der Waals surface area contributed by atoms with E-state index in [9.17, 15) is 17.6 Å². The van der Waals surface area contributed by atoms with Crippen LogP contribution in [0.15, 0.2) is 18.2 Å². The number of benzene rings is 1. The molecule has 0 amide bonds. The molecule has 2 nitrogen and oxygen atoms in total. The number of rotatable bonds is 6. The van der Waals surface area contributed by atoms with Gasteiger partial charge in [-0.3, -0.25) is 4.90 Å². The van der Waals surface area contributed by atoms with Crippen LogP contribution in [0, 0.1) is 5.82 Å². The fraction of sp³-hybridized carbons (Fsp3) is 0.600. The van der Waals surface area contributed by atoms with E-state index in [1.807, 2.05) is 25.7 Å². The first-order valence-electron chi connectivity index (χ1n) is 7.04. The quantitative estimate of drug-likeness (QED) is 0.806. The number of nitrogens with two attached hydrogens (primary N) is 1. The lowest BCUT2D eigenvalue weighted by atomic mass is 10.0. The summed E-state index contributed by atoms with van der Waals surface area (Å²) in [6.07, 6.45) is -3.72. The third-order valence-corrected chi connectivity index (χ3v) is 3.40. The number of hydrogen-bond acceptors (Lipinski definition) is 2. The molecule has 1 rings (SSSR count). The molecule has 1 aromatic rings. The fourth-order valence-corrected chi connectivity index (χ4v) is 2.46. The highest BCUT2D eigenvalue weighted by Gasteiger charge is 2.32. The summed E-state index contributed by atoms with van der Waals surface area (Å²) in [6, 6.07) is 2.32. The highest BCUT2D eigenvalue weighted by molar-refractivity contribution is 5.29. The molecule has 120 valence electrons. The lowest BCUT2D eigenvalue weighted by Gasteiger charge is -2.34. The van der Waals surface area contributed by atoms with Gasteiger partial charge in [-0.15, -0.1) is 0 Å². The third kappa shape index (κ3) is 4.68. The van der Waals surface area contributed by atoms with Crippen molar-refractivity contribution in [1.29, 1.82) is 0 Å². The summed E-state index contributed by atoms with van der Waals surface area (Å²) in [4.78, 5) is 1.99. The van der Waals surface area contributed by atoms with Crippen molar-refractivity contribution < 1.29 is 17.6 Å². The van der Waals surface area contributed by atoms with Gasteiger partial charge in [-0.05, 0) is 50.6 Å². The Hall–Kier alpha value is -1.14. The van der Waals surface area contributed by atoms with Crippen LogP contribution >= 0.6 is 0 Å². The number of halogens is 4. The molecule has 1 aromatic carbocycles. The van der Waals surface area contributed by atoms with Gasteiger partial charge in [0.1, 0.15) is 5.82 Å². The van der Waals surface area contributed by atoms with E-state index in [0.29, 0.717) is 12.6 Å². The molecule has 0 saturated heterocycles. The Kier molecular flexibility index (Phi) is 6.16. The minimum Gasteiger partial charge on any atom is -0.329 e. The lowest BCUT2D eigenvalue weighted by molar-refractivity contribution is -0.137. The Balaban J connectivity index is 3.24. The summed E-state index contributed by atoms with van der Waals surface area (Å²) in [7, 11) is 0. The van der Waals surface area contributed by atoms with Gasteiger partial charge in [-0.25, -0.2) is 4.39 Å². The van der Waals surface area contributed by atoms with Crippen LogP contribution < -0.4 is 5.73 Å². The molecule has 1 atom stereocenters. The zero-order valence-corrected chi connectivity index (χ0v) is 12.5. The number of hydrogen-bond donors (Lipinski definition) is 1. The second-order valence-electron chi connectivity index (χ2n) is 5.35. The van der Waals surface area contributed by atoms with Gasteiger partial charge in [0.05, 0.1) is 5.56 Å². The average molecular weight is 306 g/mol. The Bertz CT molecular complexity index is 457. The number of nitrogens with zero attached hydrogens (tertiary/aromatic N) is 1. The highest BCUT2D eigenvalue weighted by atomic mass is 19.4. The van der Waals surface area contributed by atoms with Crippen molar-refractivity contribution in [2.45, 2.75) is 45.5 Å². The van der Waals surface area contributed by atoms with E-state index < -0.39 is 23.6 Å². The predicted octanol–water partition coefficient (Wildman–Crippen LogP) is 3.96. The van der Waals surface area contributed by atoms with E-state index in [0.717, 1.165) is 18.6 Å². The molecule has 0 aliphatic carbocycles. The first kappa shape index (κ1) is 17.9. The molecule has 0 fully saturated rings. The van der Waals surface area contributed by atoms with E-state index in [4.69, 9.17) is 5.73 Å². The molecule has 1 unspecified atom stereocenters. The van der Waals surface area contributed by atoms with Crippen molar-refractivity contribution in [3.8, 4) is 0 Å². The molecule has 0 spiro atoms. The summed E-state index contributed by atoms with van der Waals surface area (Å²) < 4.78 is 52.0. The van der Waals surface area contributed by atoms with Gasteiger partial charge in [0.2, 0.25) is 0 Å². The van der Waals surface area contributed by atoms with Gasteiger partial charge in [0.25, 0.3) is 0 Å². The van der Waals surface area contributed by atoms with Crippen LogP contribution in [0.25, 0.3) is 0 Å². The van der Waals surface area contributed by atoms with Crippen LogP contribution in [-0.4, -0.2) is 24.0 Å². The van der Waals surface area contributed by atoms with E-state index in [-0.39, 0.29) is 18.2 Å².